The molecule has 3 aromatic carbocycles. The number of amides is 1. The molecule has 0 saturated carbocycles. The van der Waals surface area contributed by atoms with Gasteiger partial charge in [0.25, 0.3) is 5.91 Å². The first-order chi connectivity index (χ1) is 17.7. The molecular weight excluding hydrogens is 497 g/mol. The highest BCUT2D eigenvalue weighted by Crippen LogP contribution is 2.30. The quantitative estimate of drug-likeness (QED) is 0.235. The summed E-state index contributed by atoms with van der Waals surface area (Å²) in [7, 11) is 0. The molecule has 0 aliphatic heterocycles. The number of aliphatic hydroxyl groups excluding tert-OH is 1. The third-order valence-corrected chi connectivity index (χ3v) is 7.21. The van der Waals surface area contributed by atoms with Gasteiger partial charge in [-0.25, -0.2) is 0 Å². The zero-order valence-electron chi connectivity index (χ0n) is 20.7. The van der Waals surface area contributed by atoms with Crippen LogP contribution in [0.25, 0.3) is 10.9 Å². The van der Waals surface area contributed by atoms with E-state index < -0.39 is 17.8 Å². The van der Waals surface area contributed by atoms with Crippen molar-refractivity contribution < 1.29 is 23.1 Å². The number of rotatable bonds is 9. The van der Waals surface area contributed by atoms with Crippen molar-refractivity contribution >= 4 is 28.6 Å². The molecule has 0 fully saturated rings. The number of aryl methyl sites for hydroxylation is 1. The molecule has 1 atom stereocenters. The SMILES string of the molecule is CCSc1ccc(C(CO)NC(=O)c2ccc3c(c2)cc(Cc2ccc(C(F)(F)F)cc2)n3CC)cc1. The average molecular weight is 527 g/mol. The Balaban J connectivity index is 1.54. The molecule has 4 aromatic rings. The first-order valence-corrected chi connectivity index (χ1v) is 13.1. The minimum absolute atomic E-state index is 0.224. The number of nitrogens with zero attached hydrogens (tertiary/aromatic N) is 1. The fourth-order valence-corrected chi connectivity index (χ4v) is 5.11. The van der Waals surface area contributed by atoms with Gasteiger partial charge >= 0.3 is 6.18 Å². The molecular formula is C29H29F3N2O2S. The van der Waals surface area contributed by atoms with Gasteiger partial charge in [-0.1, -0.05) is 31.2 Å². The Hall–Kier alpha value is -3.23. The number of halogens is 3. The van der Waals surface area contributed by atoms with E-state index in [1.807, 2.05) is 49.4 Å². The minimum atomic E-state index is -4.36. The molecule has 0 aliphatic rings. The van der Waals surface area contributed by atoms with Gasteiger partial charge in [-0.2, -0.15) is 13.2 Å². The number of benzene rings is 3. The summed E-state index contributed by atoms with van der Waals surface area (Å²) >= 11 is 1.72. The summed E-state index contributed by atoms with van der Waals surface area (Å²) in [5.74, 6) is 0.676. The highest BCUT2D eigenvalue weighted by atomic mass is 32.2. The van der Waals surface area contributed by atoms with Gasteiger partial charge in [0.2, 0.25) is 0 Å². The predicted octanol–water partition coefficient (Wildman–Crippen LogP) is 6.85. The van der Waals surface area contributed by atoms with Crippen molar-refractivity contribution in [2.45, 2.75) is 43.9 Å². The maximum atomic E-state index is 13.0. The van der Waals surface area contributed by atoms with E-state index >= 15 is 0 Å². The van der Waals surface area contributed by atoms with Gasteiger partial charge in [0.05, 0.1) is 18.2 Å². The van der Waals surface area contributed by atoms with E-state index in [1.165, 1.54) is 12.1 Å². The minimum Gasteiger partial charge on any atom is -0.394 e. The summed E-state index contributed by atoms with van der Waals surface area (Å²) in [6.07, 6.45) is -3.89. The maximum Gasteiger partial charge on any atom is 0.416 e. The van der Waals surface area contributed by atoms with Crippen molar-refractivity contribution in [1.82, 2.24) is 9.88 Å². The molecule has 1 aromatic heterocycles. The highest BCUT2D eigenvalue weighted by Gasteiger charge is 2.30. The van der Waals surface area contributed by atoms with Crippen LogP contribution in [0.4, 0.5) is 13.2 Å². The summed E-state index contributed by atoms with van der Waals surface area (Å²) in [4.78, 5) is 14.2. The van der Waals surface area contributed by atoms with E-state index in [4.69, 9.17) is 0 Å². The molecule has 37 heavy (non-hydrogen) atoms. The van der Waals surface area contributed by atoms with Crippen LogP contribution in [0.5, 0.6) is 0 Å². The van der Waals surface area contributed by atoms with Crippen LogP contribution in [0.15, 0.2) is 77.7 Å². The first kappa shape index (κ1) is 26.8. The molecule has 8 heteroatoms. The van der Waals surface area contributed by atoms with Gasteiger partial charge in [0, 0.05) is 40.0 Å². The number of nitrogens with one attached hydrogen (secondary N) is 1. The Labute approximate surface area is 218 Å². The Kier molecular flexibility index (Phi) is 8.29. The van der Waals surface area contributed by atoms with E-state index in [9.17, 15) is 23.1 Å². The van der Waals surface area contributed by atoms with Crippen LogP contribution < -0.4 is 5.32 Å². The molecule has 2 N–H and O–H groups in total. The van der Waals surface area contributed by atoms with Gasteiger partial charge in [0.1, 0.15) is 0 Å². The molecule has 0 radical (unpaired) electrons. The summed E-state index contributed by atoms with van der Waals surface area (Å²) in [5, 5.41) is 13.7. The number of aliphatic hydroxyl groups is 1. The molecule has 0 saturated heterocycles. The smallest absolute Gasteiger partial charge is 0.394 e. The molecule has 1 amide bonds. The lowest BCUT2D eigenvalue weighted by Crippen LogP contribution is -2.30. The zero-order valence-corrected chi connectivity index (χ0v) is 21.5. The third kappa shape index (κ3) is 6.19. The normalized spacial score (nSPS) is 12.6. The molecule has 194 valence electrons. The monoisotopic (exact) mass is 526 g/mol. The number of carbonyl (C=O) groups excluding carboxylic acids is 1. The molecule has 0 aliphatic carbocycles. The third-order valence-electron chi connectivity index (χ3n) is 6.31. The highest BCUT2D eigenvalue weighted by molar-refractivity contribution is 7.99. The van der Waals surface area contributed by atoms with Crippen LogP contribution in [-0.2, 0) is 19.1 Å². The second kappa shape index (κ2) is 11.4. The summed E-state index contributed by atoms with van der Waals surface area (Å²) < 4.78 is 40.8. The standard InChI is InChI=1S/C29H29F3N2O2S/c1-3-34-24(15-19-5-10-23(11-6-19)29(30,31)32)17-22-16-21(9-14-27(22)34)28(36)33-26(18-35)20-7-12-25(13-8-20)37-4-2/h5-14,16-17,26,35H,3-4,15,18H2,1-2H3,(H,33,36). The Morgan fingerprint density at radius 1 is 1.00 bits per heavy atom. The van der Waals surface area contributed by atoms with E-state index in [-0.39, 0.29) is 12.5 Å². The van der Waals surface area contributed by atoms with Gasteiger partial charge in [-0.15, -0.1) is 11.8 Å². The number of hydrogen-bond acceptors (Lipinski definition) is 3. The Morgan fingerprint density at radius 2 is 1.70 bits per heavy atom. The van der Waals surface area contributed by atoms with E-state index in [1.54, 1.807) is 17.8 Å². The molecule has 4 nitrogen and oxygen atoms in total. The Morgan fingerprint density at radius 3 is 2.30 bits per heavy atom. The van der Waals surface area contributed by atoms with Crippen LogP contribution in [0.3, 0.4) is 0 Å². The van der Waals surface area contributed by atoms with Crippen molar-refractivity contribution in [3.8, 4) is 0 Å². The van der Waals surface area contributed by atoms with Gasteiger partial charge < -0.3 is 15.0 Å². The van der Waals surface area contributed by atoms with Crippen LogP contribution in [0.2, 0.25) is 0 Å². The lowest BCUT2D eigenvalue weighted by atomic mass is 10.1. The Bertz CT molecular complexity index is 1360. The second-order valence-corrected chi connectivity index (χ2v) is 10.1. The number of aromatic nitrogens is 1. The number of carbonyl (C=O) groups is 1. The lowest BCUT2D eigenvalue weighted by Gasteiger charge is -2.17. The average Bonchev–Trinajstić information content (AvgIpc) is 3.23. The summed E-state index contributed by atoms with van der Waals surface area (Å²) in [5.41, 5.74) is 3.31. The van der Waals surface area contributed by atoms with Crippen molar-refractivity contribution in [3.05, 3.63) is 101 Å². The van der Waals surface area contributed by atoms with Crippen molar-refractivity contribution in [2.24, 2.45) is 0 Å². The van der Waals surface area contributed by atoms with E-state index in [0.717, 1.165) is 50.5 Å². The predicted molar refractivity (Wildman–Crippen MR) is 142 cm³/mol. The fourth-order valence-electron chi connectivity index (χ4n) is 4.45. The second-order valence-electron chi connectivity index (χ2n) is 8.74. The number of fused-ring (bicyclic) bond motifs is 1. The zero-order chi connectivity index (χ0) is 26.6. The number of thioether (sulfide) groups is 1. The molecule has 1 unspecified atom stereocenters. The van der Waals surface area contributed by atoms with E-state index in [0.29, 0.717) is 18.5 Å². The van der Waals surface area contributed by atoms with Crippen molar-refractivity contribution in [1.29, 1.82) is 0 Å². The largest absolute Gasteiger partial charge is 0.416 e. The summed E-state index contributed by atoms with van der Waals surface area (Å²) in [6, 6.07) is 19.9. The maximum absolute atomic E-state index is 13.0. The van der Waals surface area contributed by atoms with Gasteiger partial charge in [-0.3, -0.25) is 4.79 Å². The number of hydrogen-bond donors (Lipinski definition) is 2. The van der Waals surface area contributed by atoms with Crippen LogP contribution >= 0.6 is 11.8 Å². The van der Waals surface area contributed by atoms with Crippen LogP contribution in [0.1, 0.15) is 52.6 Å². The van der Waals surface area contributed by atoms with Crippen LogP contribution in [0, 0.1) is 0 Å². The van der Waals surface area contributed by atoms with Crippen LogP contribution in [-0.4, -0.2) is 27.9 Å². The molecule has 0 spiro atoms. The van der Waals surface area contributed by atoms with E-state index in [2.05, 4.69) is 16.8 Å². The van der Waals surface area contributed by atoms with Crippen molar-refractivity contribution in [3.63, 3.8) is 0 Å². The van der Waals surface area contributed by atoms with Gasteiger partial charge in [0.15, 0.2) is 0 Å². The first-order valence-electron chi connectivity index (χ1n) is 12.2. The fraction of sp³-hybridized carbons (Fsp3) is 0.276. The van der Waals surface area contributed by atoms with Gasteiger partial charge in [-0.05, 0) is 72.3 Å². The molecule has 4 rings (SSSR count). The topological polar surface area (TPSA) is 54.3 Å². The summed E-state index contributed by atoms with van der Waals surface area (Å²) in [6.45, 7) is 4.55. The molecule has 1 heterocycles. The molecule has 0 bridgehead atoms. The lowest BCUT2D eigenvalue weighted by molar-refractivity contribution is -0.137. The van der Waals surface area contributed by atoms with Crippen molar-refractivity contribution in [2.75, 3.05) is 12.4 Å². The number of alkyl halides is 3.